The molecule has 186 valence electrons. The van der Waals surface area contributed by atoms with Crippen molar-refractivity contribution in [3.63, 3.8) is 0 Å². The highest BCUT2D eigenvalue weighted by Crippen LogP contribution is 3.04. The Hall–Kier alpha value is 0.860. The molecule has 0 aromatic rings. The van der Waals surface area contributed by atoms with Crippen molar-refractivity contribution in [2.45, 2.75) is 140 Å². The largest absolute Gasteiger partial charge is 0.0977 e. The summed E-state index contributed by atoms with van der Waals surface area (Å²) in [4.78, 5) is 0. The summed E-state index contributed by atoms with van der Waals surface area (Å²) in [5, 5.41) is 3.80. The second-order valence-electron chi connectivity index (χ2n) is 17.3. The smallest absolute Gasteiger partial charge is 0.0561 e. The third-order valence-electron chi connectivity index (χ3n) is 12.7. The van der Waals surface area contributed by atoms with E-state index in [9.17, 15) is 0 Å². The van der Waals surface area contributed by atoms with Crippen molar-refractivity contribution in [1.29, 1.82) is 0 Å². The Morgan fingerprint density at radius 2 is 0.848 bits per heavy atom. The molecular formula is C31H53P2+. The maximum atomic E-state index is 3.03. The minimum atomic E-state index is -1.06. The molecular weight excluding hydrogens is 434 g/mol. The van der Waals surface area contributed by atoms with Gasteiger partial charge in [-0.3, -0.25) is 0 Å². The third-order valence-corrected chi connectivity index (χ3v) is 27.5. The first-order valence-electron chi connectivity index (χ1n) is 15.0. The van der Waals surface area contributed by atoms with E-state index in [-0.39, 0.29) is 7.92 Å². The maximum absolute atomic E-state index is 3.03. The zero-order valence-electron chi connectivity index (χ0n) is 23.0. The van der Waals surface area contributed by atoms with Gasteiger partial charge >= 0.3 is 0 Å². The highest BCUT2D eigenvalue weighted by atomic mass is 31.3. The van der Waals surface area contributed by atoms with Crippen LogP contribution in [0.5, 0.6) is 0 Å². The predicted molar refractivity (Wildman–Crippen MR) is 148 cm³/mol. The highest BCUT2D eigenvalue weighted by Gasteiger charge is 2.83. The monoisotopic (exact) mass is 487 g/mol. The summed E-state index contributed by atoms with van der Waals surface area (Å²) >= 11 is 0. The quantitative estimate of drug-likeness (QED) is 0.340. The van der Waals surface area contributed by atoms with Gasteiger partial charge in [0.2, 0.25) is 0 Å². The van der Waals surface area contributed by atoms with E-state index in [0.717, 1.165) is 56.6 Å². The van der Waals surface area contributed by atoms with Crippen LogP contribution in [0.15, 0.2) is 0 Å². The molecule has 2 unspecified atom stereocenters. The molecule has 2 heteroatoms. The Kier molecular flexibility index (Phi) is 4.77. The molecule has 8 aliphatic carbocycles. The van der Waals surface area contributed by atoms with Gasteiger partial charge < -0.3 is 0 Å². The molecule has 9 fully saturated rings. The van der Waals surface area contributed by atoms with Crippen molar-refractivity contribution < 1.29 is 0 Å². The Bertz CT molecular complexity index is 732. The second-order valence-corrected chi connectivity index (χ2v) is 25.2. The molecule has 2 atom stereocenters. The Balaban J connectivity index is 1.36. The summed E-state index contributed by atoms with van der Waals surface area (Å²) < 4.78 is 0. The Labute approximate surface area is 207 Å². The van der Waals surface area contributed by atoms with Gasteiger partial charge in [-0.25, -0.2) is 0 Å². The van der Waals surface area contributed by atoms with Crippen LogP contribution >= 0.6 is 15.2 Å². The van der Waals surface area contributed by atoms with Crippen LogP contribution in [0.4, 0.5) is 0 Å². The number of hydrogen-bond acceptors (Lipinski definition) is 0. The summed E-state index contributed by atoms with van der Waals surface area (Å²) in [6, 6.07) is 0. The lowest BCUT2D eigenvalue weighted by atomic mass is 9.56. The SMILES string of the molecule is CC(C)(C)C1P(C23CC4CC(CC(C4)C2)C3)C(C(C)(C)C)[P+]1(C)C12CC3CC(CC(C3)C1)C2. The fourth-order valence-electron chi connectivity index (χ4n) is 13.2. The van der Waals surface area contributed by atoms with Gasteiger partial charge in [-0.15, -0.1) is 0 Å². The minimum absolute atomic E-state index is 0.135. The maximum Gasteiger partial charge on any atom is 0.0977 e. The van der Waals surface area contributed by atoms with Crippen molar-refractivity contribution in [2.75, 3.05) is 6.66 Å². The summed E-state index contributed by atoms with van der Waals surface area (Å²) in [5.74, 6) is 6.68. The Morgan fingerprint density at radius 1 is 0.545 bits per heavy atom. The highest BCUT2D eigenvalue weighted by molar-refractivity contribution is 8.03. The predicted octanol–water partition coefficient (Wildman–Crippen LogP) is 9.81. The zero-order chi connectivity index (χ0) is 23.2. The van der Waals surface area contributed by atoms with Crippen LogP contribution in [0.2, 0.25) is 0 Å². The number of rotatable bonds is 2. The van der Waals surface area contributed by atoms with Crippen LogP contribution in [0.3, 0.4) is 0 Å². The lowest BCUT2D eigenvalue weighted by molar-refractivity contribution is 0.0294. The van der Waals surface area contributed by atoms with Gasteiger partial charge in [0.15, 0.2) is 0 Å². The van der Waals surface area contributed by atoms with E-state index >= 15 is 0 Å². The second kappa shape index (κ2) is 6.83. The van der Waals surface area contributed by atoms with Crippen molar-refractivity contribution in [3.8, 4) is 0 Å². The molecule has 8 bridgehead atoms. The first kappa shape index (κ1) is 23.0. The molecule has 8 saturated carbocycles. The standard InChI is InChI=1S/C31H53P2/c1-28(2,3)26-32(30-14-20-8-21(15-30)10-22(9-20)16-30)27(29(4,5)6)33(26,7)31-17-23-11-24(18-31)13-25(12-23)19-31/h20-27H,8-19H2,1-7H3/q+1. The molecule has 0 nitrogen and oxygen atoms in total. The summed E-state index contributed by atoms with van der Waals surface area (Å²) in [5.41, 5.74) is 1.03. The van der Waals surface area contributed by atoms with E-state index in [1.54, 1.807) is 77.0 Å². The lowest BCUT2D eigenvalue weighted by Gasteiger charge is -2.76. The van der Waals surface area contributed by atoms with Crippen molar-refractivity contribution >= 4 is 15.2 Å². The van der Waals surface area contributed by atoms with Crippen LogP contribution in [-0.4, -0.2) is 27.8 Å². The van der Waals surface area contributed by atoms with Gasteiger partial charge in [-0.2, -0.15) is 0 Å². The van der Waals surface area contributed by atoms with Gasteiger partial charge in [-0.1, -0.05) is 41.5 Å². The molecule has 0 N–H and O–H groups in total. The van der Waals surface area contributed by atoms with Crippen LogP contribution in [0.25, 0.3) is 0 Å². The normalized spacial score (nSPS) is 59.2. The molecule has 9 rings (SSSR count). The summed E-state index contributed by atoms with van der Waals surface area (Å²) in [7, 11) is -0.921. The van der Waals surface area contributed by atoms with Crippen LogP contribution in [0.1, 0.15) is 119 Å². The molecule has 9 aliphatic rings. The molecule has 33 heavy (non-hydrogen) atoms. The fraction of sp³-hybridized carbons (Fsp3) is 1.00. The molecule has 0 amide bonds. The van der Waals surface area contributed by atoms with Crippen LogP contribution < -0.4 is 0 Å². The van der Waals surface area contributed by atoms with E-state index in [2.05, 4.69) is 48.2 Å². The van der Waals surface area contributed by atoms with Gasteiger partial charge in [0.05, 0.1) is 22.6 Å². The third kappa shape index (κ3) is 3.02. The topological polar surface area (TPSA) is 0 Å². The molecule has 0 spiro atoms. The van der Waals surface area contributed by atoms with Gasteiger partial charge in [0.1, 0.15) is 0 Å². The van der Waals surface area contributed by atoms with E-state index in [4.69, 9.17) is 0 Å². The van der Waals surface area contributed by atoms with Crippen LogP contribution in [-0.2, 0) is 0 Å². The molecule has 1 aliphatic heterocycles. The Morgan fingerprint density at radius 3 is 1.15 bits per heavy atom. The van der Waals surface area contributed by atoms with Crippen molar-refractivity contribution in [2.24, 2.45) is 46.3 Å². The molecule has 0 radical (unpaired) electrons. The van der Waals surface area contributed by atoms with E-state index in [1.165, 1.54) is 0 Å². The average Bonchev–Trinajstić information content (AvgIpc) is 2.61. The minimum Gasteiger partial charge on any atom is -0.0561 e. The van der Waals surface area contributed by atoms with Gasteiger partial charge in [0, 0.05) is 18.1 Å². The van der Waals surface area contributed by atoms with Gasteiger partial charge in [-0.05, 0) is 126 Å². The lowest BCUT2D eigenvalue weighted by Crippen LogP contribution is -2.65. The fourth-order valence-corrected chi connectivity index (χ4v) is 31.8. The first-order valence-corrected chi connectivity index (χ1v) is 18.8. The van der Waals surface area contributed by atoms with Crippen LogP contribution in [0, 0.1) is 46.3 Å². The zero-order valence-corrected chi connectivity index (χ0v) is 24.8. The summed E-state index contributed by atoms with van der Waals surface area (Å²) in [6.45, 7) is 19.3. The number of hydrogen-bond donors (Lipinski definition) is 0. The first-order chi connectivity index (χ1) is 15.3. The molecule has 1 heterocycles. The molecule has 0 aromatic carbocycles. The van der Waals surface area contributed by atoms with E-state index in [0.29, 0.717) is 10.8 Å². The molecule has 1 saturated heterocycles. The molecule has 0 aromatic heterocycles. The average molecular weight is 488 g/mol. The van der Waals surface area contributed by atoms with Crippen molar-refractivity contribution in [1.82, 2.24) is 0 Å². The van der Waals surface area contributed by atoms with E-state index in [1.807, 2.05) is 0 Å². The van der Waals surface area contributed by atoms with E-state index < -0.39 is 7.26 Å². The van der Waals surface area contributed by atoms with Gasteiger partial charge in [0.25, 0.3) is 0 Å². The van der Waals surface area contributed by atoms with Crippen molar-refractivity contribution in [3.05, 3.63) is 0 Å². The summed E-state index contributed by atoms with van der Waals surface area (Å²) in [6.07, 6.45) is 19.6.